The smallest absolute Gasteiger partial charge is 0.228 e. The SMILES string of the molecule is O=C(C1=CCCO1)c1cncc(Br)c1. The third-order valence-corrected chi connectivity index (χ3v) is 2.33. The summed E-state index contributed by atoms with van der Waals surface area (Å²) < 4.78 is 5.97. The Kier molecular flexibility index (Phi) is 2.63. The van der Waals surface area contributed by atoms with Gasteiger partial charge in [0.05, 0.1) is 6.61 Å². The lowest BCUT2D eigenvalue weighted by molar-refractivity contribution is 0.0942. The molecule has 1 aliphatic heterocycles. The second-order valence-corrected chi connectivity index (χ2v) is 3.84. The van der Waals surface area contributed by atoms with Crippen LogP contribution in [0.25, 0.3) is 0 Å². The predicted octanol–water partition coefficient (Wildman–Crippen LogP) is 2.33. The van der Waals surface area contributed by atoms with Gasteiger partial charge < -0.3 is 4.74 Å². The van der Waals surface area contributed by atoms with Gasteiger partial charge in [-0.3, -0.25) is 9.78 Å². The standard InChI is InChI=1S/C10H8BrNO2/c11-8-4-7(5-12-6-8)10(13)9-2-1-3-14-9/h2,4-6H,1,3H2. The molecule has 4 heteroatoms. The van der Waals surface area contributed by atoms with Crippen LogP contribution in [-0.2, 0) is 4.74 Å². The Morgan fingerprint density at radius 1 is 1.50 bits per heavy atom. The molecule has 0 spiro atoms. The Bertz CT molecular complexity index is 401. The van der Waals surface area contributed by atoms with E-state index in [1.807, 2.05) is 6.08 Å². The first-order valence-corrected chi connectivity index (χ1v) is 5.05. The van der Waals surface area contributed by atoms with Gasteiger partial charge >= 0.3 is 0 Å². The molecular formula is C10H8BrNO2. The summed E-state index contributed by atoms with van der Waals surface area (Å²) in [4.78, 5) is 15.7. The monoisotopic (exact) mass is 253 g/mol. The number of carbonyl (C=O) groups excluding carboxylic acids is 1. The number of rotatable bonds is 2. The number of hydrogen-bond acceptors (Lipinski definition) is 3. The number of hydrogen-bond donors (Lipinski definition) is 0. The lowest BCUT2D eigenvalue weighted by Crippen LogP contribution is -2.04. The fraction of sp³-hybridized carbons (Fsp3) is 0.200. The second kappa shape index (κ2) is 3.92. The van der Waals surface area contributed by atoms with Crippen molar-refractivity contribution in [3.8, 4) is 0 Å². The van der Waals surface area contributed by atoms with Gasteiger partial charge in [-0.2, -0.15) is 0 Å². The van der Waals surface area contributed by atoms with Crippen LogP contribution in [0.4, 0.5) is 0 Å². The van der Waals surface area contributed by atoms with Crippen molar-refractivity contribution < 1.29 is 9.53 Å². The van der Waals surface area contributed by atoms with Crippen LogP contribution in [0.2, 0.25) is 0 Å². The van der Waals surface area contributed by atoms with E-state index in [0.29, 0.717) is 17.9 Å². The average molecular weight is 254 g/mol. The Labute approximate surface area is 89.9 Å². The van der Waals surface area contributed by atoms with Crippen LogP contribution in [0.1, 0.15) is 16.8 Å². The number of ether oxygens (including phenoxy) is 1. The Morgan fingerprint density at radius 3 is 3.00 bits per heavy atom. The fourth-order valence-electron chi connectivity index (χ4n) is 1.25. The predicted molar refractivity (Wildman–Crippen MR) is 54.9 cm³/mol. The molecule has 0 unspecified atom stereocenters. The van der Waals surface area contributed by atoms with E-state index in [2.05, 4.69) is 20.9 Å². The summed E-state index contributed by atoms with van der Waals surface area (Å²) in [7, 11) is 0. The first-order chi connectivity index (χ1) is 6.77. The maximum Gasteiger partial charge on any atom is 0.228 e. The first kappa shape index (κ1) is 9.40. The molecule has 0 aliphatic carbocycles. The zero-order valence-corrected chi connectivity index (χ0v) is 8.95. The van der Waals surface area contributed by atoms with Crippen LogP contribution in [0.5, 0.6) is 0 Å². The summed E-state index contributed by atoms with van der Waals surface area (Å²) in [6, 6.07) is 1.73. The van der Waals surface area contributed by atoms with Gasteiger partial charge in [-0.05, 0) is 28.1 Å². The van der Waals surface area contributed by atoms with E-state index in [1.165, 1.54) is 6.20 Å². The van der Waals surface area contributed by atoms with Gasteiger partial charge in [-0.1, -0.05) is 0 Å². The lowest BCUT2D eigenvalue weighted by atomic mass is 10.1. The molecule has 1 aromatic heterocycles. The molecule has 2 rings (SSSR count). The van der Waals surface area contributed by atoms with Gasteiger partial charge in [-0.15, -0.1) is 0 Å². The van der Waals surface area contributed by atoms with Gasteiger partial charge in [0, 0.05) is 28.9 Å². The summed E-state index contributed by atoms with van der Waals surface area (Å²) in [5.74, 6) is 0.334. The van der Waals surface area contributed by atoms with E-state index in [4.69, 9.17) is 4.74 Å². The van der Waals surface area contributed by atoms with Crippen molar-refractivity contribution in [3.05, 3.63) is 40.3 Å². The number of carbonyl (C=O) groups is 1. The van der Waals surface area contributed by atoms with E-state index in [0.717, 1.165) is 10.9 Å². The summed E-state index contributed by atoms with van der Waals surface area (Å²) >= 11 is 3.26. The molecule has 1 aromatic rings. The van der Waals surface area contributed by atoms with Gasteiger partial charge in [0.1, 0.15) is 0 Å². The topological polar surface area (TPSA) is 39.2 Å². The normalized spacial score (nSPS) is 14.8. The zero-order valence-electron chi connectivity index (χ0n) is 7.37. The van der Waals surface area contributed by atoms with E-state index in [-0.39, 0.29) is 5.78 Å². The van der Waals surface area contributed by atoms with Crippen LogP contribution in [0.3, 0.4) is 0 Å². The molecule has 0 atom stereocenters. The third-order valence-electron chi connectivity index (χ3n) is 1.90. The molecule has 3 nitrogen and oxygen atoms in total. The van der Waals surface area contributed by atoms with Gasteiger partial charge in [0.15, 0.2) is 5.76 Å². The molecule has 0 N–H and O–H groups in total. The highest BCUT2D eigenvalue weighted by molar-refractivity contribution is 9.10. The summed E-state index contributed by atoms with van der Waals surface area (Å²) in [6.45, 7) is 0.600. The second-order valence-electron chi connectivity index (χ2n) is 2.93. The van der Waals surface area contributed by atoms with Crippen molar-refractivity contribution in [1.29, 1.82) is 0 Å². The molecule has 1 aliphatic rings. The molecule has 0 radical (unpaired) electrons. The van der Waals surface area contributed by atoms with Crippen molar-refractivity contribution in [1.82, 2.24) is 4.98 Å². The number of Topliss-reactive ketones (excluding diaryl/α,β-unsaturated/α-hetero) is 1. The van der Waals surface area contributed by atoms with E-state index < -0.39 is 0 Å². The highest BCUT2D eigenvalue weighted by Gasteiger charge is 2.17. The minimum Gasteiger partial charge on any atom is -0.489 e. The molecule has 14 heavy (non-hydrogen) atoms. The van der Waals surface area contributed by atoms with Gasteiger partial charge in [0.2, 0.25) is 5.78 Å². The molecule has 0 saturated carbocycles. The maximum atomic E-state index is 11.7. The first-order valence-electron chi connectivity index (χ1n) is 4.25. The number of ketones is 1. The van der Waals surface area contributed by atoms with Crippen molar-refractivity contribution in [2.75, 3.05) is 6.61 Å². The molecule has 2 heterocycles. The Balaban J connectivity index is 2.27. The molecule has 0 fully saturated rings. The summed E-state index contributed by atoms with van der Waals surface area (Å²) in [5.41, 5.74) is 0.549. The maximum absolute atomic E-state index is 11.7. The molecule has 0 amide bonds. The molecular weight excluding hydrogens is 246 g/mol. The van der Waals surface area contributed by atoms with Crippen LogP contribution < -0.4 is 0 Å². The highest BCUT2D eigenvalue weighted by Crippen LogP contribution is 2.17. The highest BCUT2D eigenvalue weighted by atomic mass is 79.9. The summed E-state index contributed by atoms with van der Waals surface area (Å²) in [6.07, 6.45) is 5.79. The molecule has 72 valence electrons. The number of allylic oxidation sites excluding steroid dienone is 1. The Hall–Kier alpha value is -1.16. The summed E-state index contributed by atoms with van der Waals surface area (Å²) in [5, 5.41) is 0. The van der Waals surface area contributed by atoms with Crippen molar-refractivity contribution in [2.45, 2.75) is 6.42 Å². The van der Waals surface area contributed by atoms with Crippen LogP contribution in [0.15, 0.2) is 34.8 Å². The number of pyridine rings is 1. The van der Waals surface area contributed by atoms with Crippen molar-refractivity contribution >= 4 is 21.7 Å². The number of aromatic nitrogens is 1. The molecule has 0 bridgehead atoms. The van der Waals surface area contributed by atoms with E-state index in [1.54, 1.807) is 12.3 Å². The van der Waals surface area contributed by atoms with Crippen molar-refractivity contribution in [2.24, 2.45) is 0 Å². The van der Waals surface area contributed by atoms with E-state index >= 15 is 0 Å². The largest absolute Gasteiger partial charge is 0.489 e. The lowest BCUT2D eigenvalue weighted by Gasteiger charge is -2.02. The fourth-order valence-corrected chi connectivity index (χ4v) is 1.62. The number of nitrogens with zero attached hydrogens (tertiary/aromatic N) is 1. The minimum absolute atomic E-state index is 0.101. The van der Waals surface area contributed by atoms with Gasteiger partial charge in [0.25, 0.3) is 0 Å². The van der Waals surface area contributed by atoms with Crippen LogP contribution >= 0.6 is 15.9 Å². The van der Waals surface area contributed by atoms with Crippen LogP contribution in [-0.4, -0.2) is 17.4 Å². The minimum atomic E-state index is -0.101. The van der Waals surface area contributed by atoms with E-state index in [9.17, 15) is 4.79 Å². The van der Waals surface area contributed by atoms with Gasteiger partial charge in [-0.25, -0.2) is 0 Å². The van der Waals surface area contributed by atoms with Crippen molar-refractivity contribution in [3.63, 3.8) is 0 Å². The average Bonchev–Trinajstić information content (AvgIpc) is 2.69. The van der Waals surface area contributed by atoms with Crippen LogP contribution in [0, 0.1) is 0 Å². The zero-order chi connectivity index (χ0) is 9.97. The Morgan fingerprint density at radius 2 is 2.36 bits per heavy atom. The molecule has 0 saturated heterocycles. The quantitative estimate of drug-likeness (QED) is 0.760. The molecule has 0 aromatic carbocycles. The third kappa shape index (κ3) is 1.85. The number of halogens is 1.